The highest BCUT2D eigenvalue weighted by molar-refractivity contribution is 6.29. The molecular weight excluding hydrogens is 122 g/mol. The van der Waals surface area contributed by atoms with Crippen molar-refractivity contribution in [3.8, 4) is 0 Å². The van der Waals surface area contributed by atoms with Gasteiger partial charge in [-0.05, 0) is 12.8 Å². The van der Waals surface area contributed by atoms with E-state index < -0.39 is 0 Å². The lowest BCUT2D eigenvalue weighted by Crippen LogP contribution is -2.16. The molecule has 0 heterocycles. The van der Waals surface area contributed by atoms with Crippen molar-refractivity contribution in [3.63, 3.8) is 0 Å². The minimum Gasteiger partial charge on any atom is -0.309 e. The Morgan fingerprint density at radius 2 is 2.38 bits per heavy atom. The number of halogens is 1. The van der Waals surface area contributed by atoms with Gasteiger partial charge in [0.1, 0.15) is 0 Å². The van der Waals surface area contributed by atoms with Crippen LogP contribution >= 0.6 is 11.6 Å². The summed E-state index contributed by atoms with van der Waals surface area (Å²) < 4.78 is 0. The van der Waals surface area contributed by atoms with Crippen LogP contribution in [0.4, 0.5) is 0 Å². The van der Waals surface area contributed by atoms with Crippen molar-refractivity contribution in [1.82, 2.24) is 5.32 Å². The monoisotopic (exact) mass is 131 g/mol. The summed E-state index contributed by atoms with van der Waals surface area (Å²) in [5.74, 6) is 0. The molecule has 1 fully saturated rings. The summed E-state index contributed by atoms with van der Waals surface area (Å²) >= 11 is 5.49. The van der Waals surface area contributed by atoms with E-state index in [0.717, 1.165) is 12.6 Å². The molecule has 1 nitrogen and oxygen atoms in total. The second kappa shape index (κ2) is 2.51. The highest BCUT2D eigenvalue weighted by atomic mass is 35.5. The molecule has 0 atom stereocenters. The minimum atomic E-state index is 0.705. The SMILES string of the molecule is C=C(Cl)CNC1CC1. The van der Waals surface area contributed by atoms with E-state index in [1.165, 1.54) is 12.8 Å². The molecule has 1 aliphatic rings. The molecule has 0 amide bonds. The number of rotatable bonds is 3. The molecule has 8 heavy (non-hydrogen) atoms. The van der Waals surface area contributed by atoms with E-state index in [1.807, 2.05) is 0 Å². The van der Waals surface area contributed by atoms with Crippen molar-refractivity contribution in [1.29, 1.82) is 0 Å². The van der Waals surface area contributed by atoms with Crippen molar-refractivity contribution < 1.29 is 0 Å². The highest BCUT2D eigenvalue weighted by Crippen LogP contribution is 2.18. The van der Waals surface area contributed by atoms with Crippen LogP contribution in [0.2, 0.25) is 0 Å². The van der Waals surface area contributed by atoms with Crippen LogP contribution in [0.3, 0.4) is 0 Å². The summed E-state index contributed by atoms with van der Waals surface area (Å²) in [7, 11) is 0. The Hall–Kier alpha value is -0.0100. The van der Waals surface area contributed by atoms with Crippen molar-refractivity contribution in [2.75, 3.05) is 6.54 Å². The molecular formula is C6H10ClN. The van der Waals surface area contributed by atoms with Crippen LogP contribution in [-0.2, 0) is 0 Å². The molecule has 1 saturated carbocycles. The lowest BCUT2D eigenvalue weighted by molar-refractivity contribution is 0.748. The first kappa shape index (κ1) is 6.12. The maximum Gasteiger partial charge on any atom is 0.0310 e. The predicted octanol–water partition coefficient (Wildman–Crippen LogP) is 1.49. The predicted molar refractivity (Wildman–Crippen MR) is 36.0 cm³/mol. The molecule has 2 heteroatoms. The molecule has 0 aromatic carbocycles. The third kappa shape index (κ3) is 2.34. The summed E-state index contributed by atoms with van der Waals surface area (Å²) in [5, 5.41) is 3.93. The number of nitrogens with one attached hydrogen (secondary N) is 1. The fraction of sp³-hybridized carbons (Fsp3) is 0.667. The number of hydrogen-bond acceptors (Lipinski definition) is 1. The van der Waals surface area contributed by atoms with Crippen LogP contribution in [0.1, 0.15) is 12.8 Å². The third-order valence-electron chi connectivity index (χ3n) is 1.16. The smallest absolute Gasteiger partial charge is 0.0310 e. The molecule has 1 rings (SSSR count). The Labute approximate surface area is 54.7 Å². The zero-order valence-corrected chi connectivity index (χ0v) is 5.54. The van der Waals surface area contributed by atoms with Crippen molar-refractivity contribution in [2.24, 2.45) is 0 Å². The van der Waals surface area contributed by atoms with Gasteiger partial charge in [0.05, 0.1) is 0 Å². The van der Waals surface area contributed by atoms with Crippen LogP contribution in [-0.4, -0.2) is 12.6 Å². The fourth-order valence-electron chi connectivity index (χ4n) is 0.543. The van der Waals surface area contributed by atoms with Crippen LogP contribution in [0.5, 0.6) is 0 Å². The van der Waals surface area contributed by atoms with Gasteiger partial charge >= 0.3 is 0 Å². The van der Waals surface area contributed by atoms with E-state index in [2.05, 4.69) is 11.9 Å². The summed E-state index contributed by atoms with van der Waals surface area (Å²) in [6.45, 7) is 4.33. The zero-order valence-electron chi connectivity index (χ0n) is 4.78. The van der Waals surface area contributed by atoms with Crippen molar-refractivity contribution in [2.45, 2.75) is 18.9 Å². The molecule has 0 aromatic rings. The van der Waals surface area contributed by atoms with E-state index in [0.29, 0.717) is 5.03 Å². The average molecular weight is 132 g/mol. The molecule has 0 radical (unpaired) electrons. The van der Waals surface area contributed by atoms with E-state index in [4.69, 9.17) is 11.6 Å². The van der Waals surface area contributed by atoms with Gasteiger partial charge in [0.2, 0.25) is 0 Å². The van der Waals surface area contributed by atoms with Gasteiger partial charge in [-0.15, -0.1) is 0 Å². The van der Waals surface area contributed by atoms with Gasteiger partial charge in [-0.2, -0.15) is 0 Å². The van der Waals surface area contributed by atoms with Crippen LogP contribution in [0, 0.1) is 0 Å². The summed E-state index contributed by atoms with van der Waals surface area (Å²) in [6.07, 6.45) is 2.62. The molecule has 0 unspecified atom stereocenters. The Bertz CT molecular complexity index is 96.7. The average Bonchev–Trinajstić information content (AvgIpc) is 2.41. The molecule has 0 aromatic heterocycles. The Morgan fingerprint density at radius 3 is 2.75 bits per heavy atom. The van der Waals surface area contributed by atoms with Crippen molar-refractivity contribution >= 4 is 11.6 Å². The number of hydrogen-bond donors (Lipinski definition) is 1. The lowest BCUT2D eigenvalue weighted by atomic mass is 10.6. The molecule has 1 N–H and O–H groups in total. The van der Waals surface area contributed by atoms with E-state index in [9.17, 15) is 0 Å². The fourth-order valence-corrected chi connectivity index (χ4v) is 0.620. The van der Waals surface area contributed by atoms with Crippen LogP contribution in [0.25, 0.3) is 0 Å². The second-order valence-corrected chi connectivity index (χ2v) is 2.71. The molecule has 0 bridgehead atoms. The second-order valence-electron chi connectivity index (χ2n) is 2.17. The topological polar surface area (TPSA) is 12.0 Å². The highest BCUT2D eigenvalue weighted by Gasteiger charge is 2.19. The van der Waals surface area contributed by atoms with Gasteiger partial charge in [0.25, 0.3) is 0 Å². The molecule has 0 aliphatic heterocycles. The normalized spacial score (nSPS) is 18.6. The van der Waals surface area contributed by atoms with E-state index in [-0.39, 0.29) is 0 Å². The van der Waals surface area contributed by atoms with E-state index >= 15 is 0 Å². The lowest BCUT2D eigenvalue weighted by Gasteiger charge is -1.96. The van der Waals surface area contributed by atoms with Gasteiger partial charge in [0, 0.05) is 17.6 Å². The molecule has 46 valence electrons. The first-order valence-electron chi connectivity index (χ1n) is 2.85. The van der Waals surface area contributed by atoms with Gasteiger partial charge in [0.15, 0.2) is 0 Å². The standard InChI is InChI=1S/C6H10ClN/c1-5(7)4-8-6-2-3-6/h6,8H,1-4H2. The van der Waals surface area contributed by atoms with Gasteiger partial charge < -0.3 is 5.32 Å². The quantitative estimate of drug-likeness (QED) is 0.612. The largest absolute Gasteiger partial charge is 0.309 e. The first-order valence-corrected chi connectivity index (χ1v) is 3.23. The molecule has 1 aliphatic carbocycles. The van der Waals surface area contributed by atoms with Gasteiger partial charge in [-0.25, -0.2) is 0 Å². The first-order chi connectivity index (χ1) is 3.79. The maximum atomic E-state index is 5.49. The molecule has 0 spiro atoms. The Balaban J connectivity index is 1.95. The third-order valence-corrected chi connectivity index (χ3v) is 1.29. The summed E-state index contributed by atoms with van der Waals surface area (Å²) in [6, 6.07) is 0.741. The summed E-state index contributed by atoms with van der Waals surface area (Å²) in [4.78, 5) is 0. The molecule has 0 saturated heterocycles. The minimum absolute atomic E-state index is 0.705. The van der Waals surface area contributed by atoms with Crippen LogP contribution in [0.15, 0.2) is 11.6 Å². The Morgan fingerprint density at radius 1 is 1.75 bits per heavy atom. The zero-order chi connectivity index (χ0) is 5.98. The van der Waals surface area contributed by atoms with Gasteiger partial charge in [-0.3, -0.25) is 0 Å². The van der Waals surface area contributed by atoms with Crippen molar-refractivity contribution in [3.05, 3.63) is 11.6 Å². The van der Waals surface area contributed by atoms with Crippen LogP contribution < -0.4 is 5.32 Å². The Kier molecular flexibility index (Phi) is 1.92. The summed E-state index contributed by atoms with van der Waals surface area (Å²) in [5.41, 5.74) is 0. The maximum absolute atomic E-state index is 5.49. The van der Waals surface area contributed by atoms with E-state index in [1.54, 1.807) is 0 Å². The van der Waals surface area contributed by atoms with Gasteiger partial charge in [-0.1, -0.05) is 18.2 Å².